The molecule has 1 saturated carbocycles. The van der Waals surface area contributed by atoms with Crippen LogP contribution in [0.15, 0.2) is 30.3 Å². The summed E-state index contributed by atoms with van der Waals surface area (Å²) in [7, 11) is 0. The number of tetrazole rings is 1. The number of carbonyl (C=O) groups excluding carboxylic acids is 1. The molecule has 3 heterocycles. The summed E-state index contributed by atoms with van der Waals surface area (Å²) in [6, 6.07) is 10.4. The van der Waals surface area contributed by atoms with Gasteiger partial charge in [-0.15, -0.1) is 10.2 Å². The van der Waals surface area contributed by atoms with E-state index in [-0.39, 0.29) is 23.4 Å². The van der Waals surface area contributed by atoms with Gasteiger partial charge in [0.25, 0.3) is 0 Å². The van der Waals surface area contributed by atoms with Gasteiger partial charge in [0.05, 0.1) is 24.7 Å². The first-order valence-electron chi connectivity index (χ1n) is 10.2. The molecular formula is C20H26N6O2. The van der Waals surface area contributed by atoms with E-state index in [2.05, 4.69) is 26.0 Å². The van der Waals surface area contributed by atoms with Crippen LogP contribution in [0.5, 0.6) is 0 Å². The van der Waals surface area contributed by atoms with Crippen molar-refractivity contribution in [3.63, 3.8) is 0 Å². The van der Waals surface area contributed by atoms with Crippen LogP contribution in [-0.4, -0.2) is 58.5 Å². The van der Waals surface area contributed by atoms with Crippen molar-refractivity contribution < 1.29 is 9.53 Å². The molecule has 28 heavy (non-hydrogen) atoms. The number of hydrogen-bond donors (Lipinski definition) is 2. The lowest BCUT2D eigenvalue weighted by atomic mass is 9.79. The van der Waals surface area contributed by atoms with Crippen molar-refractivity contribution in [2.24, 2.45) is 11.3 Å². The number of benzene rings is 1. The Morgan fingerprint density at radius 3 is 2.86 bits per heavy atom. The molecule has 2 aliphatic heterocycles. The summed E-state index contributed by atoms with van der Waals surface area (Å²) < 4.78 is 5.61. The third-order valence-electron chi connectivity index (χ3n) is 6.56. The summed E-state index contributed by atoms with van der Waals surface area (Å²) in [6.45, 7) is 2.83. The van der Waals surface area contributed by atoms with E-state index >= 15 is 0 Å². The van der Waals surface area contributed by atoms with Crippen molar-refractivity contribution in [2.75, 3.05) is 26.3 Å². The topological polar surface area (TPSA) is 94.0 Å². The highest BCUT2D eigenvalue weighted by Crippen LogP contribution is 2.38. The Morgan fingerprint density at radius 2 is 2.04 bits per heavy atom. The minimum Gasteiger partial charge on any atom is -0.380 e. The summed E-state index contributed by atoms with van der Waals surface area (Å²) in [4.78, 5) is 14.7. The number of nitrogens with zero attached hydrogens (tertiary/aromatic N) is 4. The second kappa shape index (κ2) is 7.25. The standard InChI is InChI=1S/C20H26N6O2/c27-19(20-12-21-10-15(20)11-28-13-20)22-16-6-8-17(9-7-16)26-24-18(23-25-26)14-4-2-1-3-5-14/h1-5,15-17,21H,6-13H2,(H,22,27)/t15-,16?,17?,20-/m0/s1. The van der Waals surface area contributed by atoms with Gasteiger partial charge in [-0.05, 0) is 30.9 Å². The van der Waals surface area contributed by atoms with E-state index in [9.17, 15) is 4.79 Å². The minimum absolute atomic E-state index is 0.161. The van der Waals surface area contributed by atoms with Gasteiger partial charge in [-0.25, -0.2) is 0 Å². The highest BCUT2D eigenvalue weighted by atomic mass is 16.5. The lowest BCUT2D eigenvalue weighted by Crippen LogP contribution is -2.50. The fourth-order valence-electron chi connectivity index (χ4n) is 4.77. The van der Waals surface area contributed by atoms with Gasteiger partial charge in [-0.1, -0.05) is 30.3 Å². The molecule has 2 atom stereocenters. The van der Waals surface area contributed by atoms with E-state index in [0.717, 1.165) is 44.3 Å². The molecule has 0 radical (unpaired) electrons. The molecule has 0 bridgehead atoms. The summed E-state index contributed by atoms with van der Waals surface area (Å²) in [5.74, 6) is 1.13. The lowest BCUT2D eigenvalue weighted by molar-refractivity contribution is -0.132. The second-order valence-electron chi connectivity index (χ2n) is 8.28. The Bertz CT molecular complexity index is 820. The first-order chi connectivity index (χ1) is 13.7. The molecule has 2 saturated heterocycles. The Kier molecular flexibility index (Phi) is 4.60. The fraction of sp³-hybridized carbons (Fsp3) is 0.600. The Labute approximate surface area is 164 Å². The number of amides is 1. The molecule has 2 N–H and O–H groups in total. The van der Waals surface area contributed by atoms with Crippen molar-refractivity contribution in [3.8, 4) is 11.4 Å². The van der Waals surface area contributed by atoms with E-state index in [4.69, 9.17) is 4.74 Å². The summed E-state index contributed by atoms with van der Waals surface area (Å²) >= 11 is 0. The van der Waals surface area contributed by atoms with Crippen molar-refractivity contribution in [1.82, 2.24) is 30.8 Å². The number of nitrogens with one attached hydrogen (secondary N) is 2. The third kappa shape index (κ3) is 3.10. The number of hydrogen-bond acceptors (Lipinski definition) is 6. The average molecular weight is 382 g/mol. The van der Waals surface area contributed by atoms with Crippen molar-refractivity contribution in [2.45, 2.75) is 37.8 Å². The highest BCUT2D eigenvalue weighted by molar-refractivity contribution is 5.84. The van der Waals surface area contributed by atoms with Gasteiger partial charge in [-0.2, -0.15) is 4.80 Å². The monoisotopic (exact) mass is 382 g/mol. The third-order valence-corrected chi connectivity index (χ3v) is 6.56. The van der Waals surface area contributed by atoms with Gasteiger partial charge in [0.15, 0.2) is 0 Å². The quantitative estimate of drug-likeness (QED) is 0.825. The number of fused-ring (bicyclic) bond motifs is 1. The van der Waals surface area contributed by atoms with Crippen LogP contribution in [0.4, 0.5) is 0 Å². The molecule has 5 rings (SSSR count). The van der Waals surface area contributed by atoms with E-state index in [1.54, 1.807) is 4.80 Å². The van der Waals surface area contributed by atoms with Gasteiger partial charge in [0, 0.05) is 30.6 Å². The number of aromatic nitrogens is 4. The molecule has 8 nitrogen and oxygen atoms in total. The van der Waals surface area contributed by atoms with Gasteiger partial charge < -0.3 is 15.4 Å². The van der Waals surface area contributed by atoms with Crippen LogP contribution in [0, 0.1) is 11.3 Å². The van der Waals surface area contributed by atoms with Crippen LogP contribution < -0.4 is 10.6 Å². The molecule has 8 heteroatoms. The number of rotatable bonds is 4. The first kappa shape index (κ1) is 17.8. The zero-order valence-corrected chi connectivity index (χ0v) is 15.9. The van der Waals surface area contributed by atoms with Crippen LogP contribution in [0.2, 0.25) is 0 Å². The number of ether oxygens (including phenoxy) is 1. The largest absolute Gasteiger partial charge is 0.380 e. The molecule has 0 spiro atoms. The SMILES string of the molecule is O=C(NC1CCC(n2nnc(-c3ccccc3)n2)CC1)[C@]12CNC[C@H]1COC2. The van der Waals surface area contributed by atoms with Crippen molar-refractivity contribution in [1.29, 1.82) is 0 Å². The normalized spacial score (nSPS) is 32.2. The summed E-state index contributed by atoms with van der Waals surface area (Å²) in [5, 5.41) is 19.7. The van der Waals surface area contributed by atoms with E-state index < -0.39 is 0 Å². The maximum atomic E-state index is 13.0. The lowest BCUT2D eigenvalue weighted by Gasteiger charge is -2.32. The molecule has 1 aromatic heterocycles. The maximum absolute atomic E-state index is 13.0. The minimum atomic E-state index is -0.366. The number of carbonyl (C=O) groups is 1. The van der Waals surface area contributed by atoms with Gasteiger partial charge in [-0.3, -0.25) is 4.79 Å². The van der Waals surface area contributed by atoms with Gasteiger partial charge >= 0.3 is 0 Å². The van der Waals surface area contributed by atoms with Crippen LogP contribution >= 0.6 is 0 Å². The Hall–Kier alpha value is -2.32. The molecular weight excluding hydrogens is 356 g/mol. The fourth-order valence-corrected chi connectivity index (χ4v) is 4.77. The van der Waals surface area contributed by atoms with Gasteiger partial charge in [0.2, 0.25) is 11.7 Å². The Morgan fingerprint density at radius 1 is 1.21 bits per heavy atom. The molecule has 0 unspecified atom stereocenters. The van der Waals surface area contributed by atoms with Crippen LogP contribution in [0.1, 0.15) is 31.7 Å². The smallest absolute Gasteiger partial charge is 0.230 e. The molecule has 1 aliphatic carbocycles. The molecule has 2 aromatic rings. The molecule has 3 aliphatic rings. The summed E-state index contributed by atoms with van der Waals surface area (Å²) in [5.41, 5.74) is 0.613. The maximum Gasteiger partial charge on any atom is 0.230 e. The summed E-state index contributed by atoms with van der Waals surface area (Å²) in [6.07, 6.45) is 3.77. The van der Waals surface area contributed by atoms with Crippen LogP contribution in [0.25, 0.3) is 11.4 Å². The predicted molar refractivity (Wildman–Crippen MR) is 102 cm³/mol. The molecule has 3 fully saturated rings. The van der Waals surface area contributed by atoms with Crippen LogP contribution in [0.3, 0.4) is 0 Å². The van der Waals surface area contributed by atoms with E-state index in [0.29, 0.717) is 25.0 Å². The van der Waals surface area contributed by atoms with Gasteiger partial charge in [0.1, 0.15) is 0 Å². The highest BCUT2D eigenvalue weighted by Gasteiger charge is 2.53. The molecule has 1 aromatic carbocycles. The van der Waals surface area contributed by atoms with E-state index in [1.165, 1.54) is 0 Å². The zero-order valence-electron chi connectivity index (χ0n) is 15.9. The average Bonchev–Trinajstić information content (AvgIpc) is 3.45. The van der Waals surface area contributed by atoms with Crippen LogP contribution in [-0.2, 0) is 9.53 Å². The second-order valence-corrected chi connectivity index (χ2v) is 8.28. The van der Waals surface area contributed by atoms with Crippen molar-refractivity contribution >= 4 is 5.91 Å². The predicted octanol–water partition coefficient (Wildman–Crippen LogP) is 1.18. The first-order valence-corrected chi connectivity index (χ1v) is 10.2. The zero-order chi connectivity index (χ0) is 19.0. The molecule has 148 valence electrons. The van der Waals surface area contributed by atoms with E-state index in [1.807, 2.05) is 30.3 Å². The van der Waals surface area contributed by atoms with Crippen molar-refractivity contribution in [3.05, 3.63) is 30.3 Å². The Balaban J connectivity index is 1.18. The molecule has 1 amide bonds.